The Balaban J connectivity index is 2.34. The van der Waals surface area contributed by atoms with Crippen LogP contribution >= 0.6 is 15.9 Å². The molecule has 3 nitrogen and oxygen atoms in total. The number of aromatic nitrogens is 1. The highest BCUT2D eigenvalue weighted by Gasteiger charge is 2.12. The standard InChI is InChI=1S/C16H7BrF2N2O/c17-11-2-1-8(7-20)3-10(11)13-6-15(22)16-12(19)4-9(18)5-14(16)21-13/h1-6H,(H,21,22). The number of H-pyrrole nitrogens is 1. The molecular weight excluding hydrogens is 354 g/mol. The van der Waals surface area contributed by atoms with E-state index in [1.807, 2.05) is 6.07 Å². The maximum atomic E-state index is 13.7. The van der Waals surface area contributed by atoms with Gasteiger partial charge in [0.15, 0.2) is 5.43 Å². The van der Waals surface area contributed by atoms with Crippen LogP contribution in [-0.4, -0.2) is 4.98 Å². The zero-order valence-electron chi connectivity index (χ0n) is 11.0. The topological polar surface area (TPSA) is 56.6 Å². The molecule has 3 aromatic rings. The normalized spacial score (nSPS) is 10.6. The highest BCUT2D eigenvalue weighted by molar-refractivity contribution is 9.10. The van der Waals surface area contributed by atoms with Crippen LogP contribution in [0.3, 0.4) is 0 Å². The Hall–Kier alpha value is -2.52. The summed E-state index contributed by atoms with van der Waals surface area (Å²) in [6.07, 6.45) is 0. The number of nitrogens with zero attached hydrogens (tertiary/aromatic N) is 1. The van der Waals surface area contributed by atoms with Gasteiger partial charge in [0, 0.05) is 22.2 Å². The van der Waals surface area contributed by atoms with Gasteiger partial charge in [-0.25, -0.2) is 8.78 Å². The van der Waals surface area contributed by atoms with Crippen LogP contribution in [0.25, 0.3) is 22.2 Å². The number of fused-ring (bicyclic) bond motifs is 1. The lowest BCUT2D eigenvalue weighted by molar-refractivity contribution is 0.591. The van der Waals surface area contributed by atoms with E-state index < -0.39 is 17.1 Å². The van der Waals surface area contributed by atoms with E-state index in [-0.39, 0.29) is 10.9 Å². The summed E-state index contributed by atoms with van der Waals surface area (Å²) in [4.78, 5) is 14.9. The summed E-state index contributed by atoms with van der Waals surface area (Å²) < 4.78 is 27.7. The van der Waals surface area contributed by atoms with Crippen LogP contribution < -0.4 is 5.43 Å². The lowest BCUT2D eigenvalue weighted by Gasteiger charge is -2.08. The van der Waals surface area contributed by atoms with Gasteiger partial charge in [-0.05, 0) is 24.3 Å². The Morgan fingerprint density at radius 2 is 1.91 bits per heavy atom. The first-order chi connectivity index (χ1) is 10.5. The lowest BCUT2D eigenvalue weighted by atomic mass is 10.1. The van der Waals surface area contributed by atoms with Gasteiger partial charge < -0.3 is 4.98 Å². The van der Waals surface area contributed by atoms with E-state index >= 15 is 0 Å². The van der Waals surface area contributed by atoms with Crippen LogP contribution in [-0.2, 0) is 0 Å². The fourth-order valence-corrected chi connectivity index (χ4v) is 2.71. The summed E-state index contributed by atoms with van der Waals surface area (Å²) in [5.41, 5.74) is 0.837. The number of aromatic amines is 1. The third-order valence-electron chi connectivity index (χ3n) is 3.23. The molecule has 22 heavy (non-hydrogen) atoms. The summed E-state index contributed by atoms with van der Waals surface area (Å²) >= 11 is 3.33. The molecule has 0 unspecified atom stereocenters. The number of nitrogens with one attached hydrogen (secondary N) is 1. The number of hydrogen-bond acceptors (Lipinski definition) is 2. The van der Waals surface area contributed by atoms with Crippen molar-refractivity contribution in [3.8, 4) is 17.3 Å². The van der Waals surface area contributed by atoms with Crippen molar-refractivity contribution in [3.05, 3.63) is 68.3 Å². The Labute approximate surface area is 132 Å². The Morgan fingerprint density at radius 3 is 2.64 bits per heavy atom. The van der Waals surface area contributed by atoms with Crippen molar-refractivity contribution in [1.29, 1.82) is 5.26 Å². The molecule has 0 amide bonds. The first-order valence-corrected chi connectivity index (χ1v) is 7.01. The molecule has 0 aliphatic carbocycles. The molecule has 0 fully saturated rings. The molecule has 0 aliphatic heterocycles. The zero-order chi connectivity index (χ0) is 15.9. The van der Waals surface area contributed by atoms with Gasteiger partial charge in [0.25, 0.3) is 0 Å². The second-order valence-corrected chi connectivity index (χ2v) is 5.52. The maximum absolute atomic E-state index is 13.7. The van der Waals surface area contributed by atoms with E-state index in [0.29, 0.717) is 27.4 Å². The fraction of sp³-hybridized carbons (Fsp3) is 0. The van der Waals surface area contributed by atoms with Crippen molar-refractivity contribution in [2.45, 2.75) is 0 Å². The molecule has 108 valence electrons. The first-order valence-electron chi connectivity index (χ1n) is 6.21. The maximum Gasteiger partial charge on any atom is 0.192 e. The summed E-state index contributed by atoms with van der Waals surface area (Å²) in [7, 11) is 0. The van der Waals surface area contributed by atoms with Crippen molar-refractivity contribution in [3.63, 3.8) is 0 Å². The number of rotatable bonds is 1. The monoisotopic (exact) mass is 360 g/mol. The largest absolute Gasteiger partial charge is 0.354 e. The number of hydrogen-bond donors (Lipinski definition) is 1. The molecule has 0 saturated heterocycles. The predicted octanol–water partition coefficient (Wildman–Crippen LogP) is 4.11. The Kier molecular flexibility index (Phi) is 3.51. The van der Waals surface area contributed by atoms with Gasteiger partial charge >= 0.3 is 0 Å². The highest BCUT2D eigenvalue weighted by Crippen LogP contribution is 2.28. The third kappa shape index (κ3) is 2.40. The van der Waals surface area contributed by atoms with E-state index in [1.54, 1.807) is 18.2 Å². The SMILES string of the molecule is N#Cc1ccc(Br)c(-c2cc(=O)c3c(F)cc(F)cc3[nH]2)c1. The summed E-state index contributed by atoms with van der Waals surface area (Å²) in [5.74, 6) is -1.68. The number of halogens is 3. The molecular formula is C16H7BrF2N2O. The van der Waals surface area contributed by atoms with E-state index in [0.717, 1.165) is 6.07 Å². The molecule has 0 atom stereocenters. The van der Waals surface area contributed by atoms with Crippen molar-refractivity contribution >= 4 is 26.8 Å². The van der Waals surface area contributed by atoms with Gasteiger partial charge in [-0.2, -0.15) is 5.26 Å². The van der Waals surface area contributed by atoms with Gasteiger partial charge in [0.2, 0.25) is 0 Å². The molecule has 2 aromatic carbocycles. The predicted molar refractivity (Wildman–Crippen MR) is 82.3 cm³/mol. The lowest BCUT2D eigenvalue weighted by Crippen LogP contribution is -2.06. The molecule has 3 rings (SSSR count). The van der Waals surface area contributed by atoms with E-state index in [4.69, 9.17) is 5.26 Å². The summed E-state index contributed by atoms with van der Waals surface area (Å²) in [5, 5.41) is 8.77. The quantitative estimate of drug-likeness (QED) is 0.709. The van der Waals surface area contributed by atoms with E-state index in [2.05, 4.69) is 20.9 Å². The van der Waals surface area contributed by atoms with Gasteiger partial charge in [-0.3, -0.25) is 4.79 Å². The molecule has 6 heteroatoms. The molecule has 0 spiro atoms. The molecule has 0 aliphatic rings. The zero-order valence-corrected chi connectivity index (χ0v) is 12.5. The van der Waals surface area contributed by atoms with Crippen molar-refractivity contribution in [1.82, 2.24) is 4.98 Å². The van der Waals surface area contributed by atoms with Crippen LogP contribution in [0.15, 0.2) is 45.7 Å². The fourth-order valence-electron chi connectivity index (χ4n) is 2.25. The Bertz CT molecular complexity index is 1010. The van der Waals surface area contributed by atoms with Gasteiger partial charge in [-0.1, -0.05) is 15.9 Å². The van der Waals surface area contributed by atoms with Crippen LogP contribution in [0, 0.1) is 23.0 Å². The first kappa shape index (κ1) is 14.4. The minimum absolute atomic E-state index is 0.0641. The molecule has 0 bridgehead atoms. The molecule has 1 N–H and O–H groups in total. The van der Waals surface area contributed by atoms with Gasteiger partial charge in [0.1, 0.15) is 11.6 Å². The van der Waals surface area contributed by atoms with Crippen LogP contribution in [0.5, 0.6) is 0 Å². The second-order valence-electron chi connectivity index (χ2n) is 4.66. The van der Waals surface area contributed by atoms with Crippen LogP contribution in [0.1, 0.15) is 5.56 Å². The molecule has 1 aromatic heterocycles. The van der Waals surface area contributed by atoms with Crippen LogP contribution in [0.4, 0.5) is 8.78 Å². The smallest absolute Gasteiger partial charge is 0.192 e. The average Bonchev–Trinajstić information content (AvgIpc) is 2.46. The number of pyridine rings is 1. The summed E-state index contributed by atoms with van der Waals surface area (Å²) in [6.45, 7) is 0. The van der Waals surface area contributed by atoms with E-state index in [1.165, 1.54) is 6.07 Å². The molecule has 0 radical (unpaired) electrons. The Morgan fingerprint density at radius 1 is 1.14 bits per heavy atom. The minimum atomic E-state index is -0.910. The summed E-state index contributed by atoms with van der Waals surface area (Å²) in [6, 6.07) is 9.83. The molecule has 0 saturated carbocycles. The van der Waals surface area contributed by atoms with Crippen molar-refractivity contribution in [2.24, 2.45) is 0 Å². The number of benzene rings is 2. The van der Waals surface area contributed by atoms with Crippen molar-refractivity contribution in [2.75, 3.05) is 0 Å². The van der Waals surface area contributed by atoms with Gasteiger partial charge in [-0.15, -0.1) is 0 Å². The highest BCUT2D eigenvalue weighted by atomic mass is 79.9. The third-order valence-corrected chi connectivity index (χ3v) is 3.92. The van der Waals surface area contributed by atoms with Gasteiger partial charge in [0.05, 0.1) is 28.2 Å². The number of nitriles is 1. The van der Waals surface area contributed by atoms with Crippen molar-refractivity contribution < 1.29 is 8.78 Å². The molecule has 1 heterocycles. The second kappa shape index (κ2) is 5.35. The average molecular weight is 361 g/mol. The van der Waals surface area contributed by atoms with Crippen LogP contribution in [0.2, 0.25) is 0 Å². The van der Waals surface area contributed by atoms with E-state index in [9.17, 15) is 13.6 Å². The minimum Gasteiger partial charge on any atom is -0.354 e.